The Morgan fingerprint density at radius 3 is 2.76 bits per heavy atom. The third-order valence-electron chi connectivity index (χ3n) is 3.24. The van der Waals surface area contributed by atoms with Crippen LogP contribution in [0.4, 0.5) is 4.39 Å². The highest BCUT2D eigenvalue weighted by atomic mass is 35.5. The predicted octanol–water partition coefficient (Wildman–Crippen LogP) is 4.23. The van der Waals surface area contributed by atoms with Gasteiger partial charge in [-0.1, -0.05) is 35.9 Å². The van der Waals surface area contributed by atoms with Gasteiger partial charge in [0.2, 0.25) is 0 Å². The third kappa shape index (κ3) is 3.23. The number of aliphatic hydroxyl groups is 1. The summed E-state index contributed by atoms with van der Waals surface area (Å²) < 4.78 is 14.9. The lowest BCUT2D eigenvalue weighted by molar-refractivity contribution is 0.174. The highest BCUT2D eigenvalue weighted by molar-refractivity contribution is 7.18. The zero-order valence-electron chi connectivity index (χ0n) is 11.1. The molecular weight excluding hydrogens is 309 g/mol. The number of thiazole rings is 1. The first-order valence-corrected chi connectivity index (χ1v) is 7.78. The van der Waals surface area contributed by atoms with Crippen molar-refractivity contribution in [1.29, 1.82) is 0 Å². The molecule has 0 radical (unpaired) electrons. The maximum Gasteiger partial charge on any atom is 0.145 e. The number of aliphatic hydroxyl groups excluding tert-OH is 1. The minimum atomic E-state index is -0.682. The van der Waals surface area contributed by atoms with Crippen molar-refractivity contribution in [3.05, 3.63) is 63.9 Å². The normalized spacial score (nSPS) is 12.7. The van der Waals surface area contributed by atoms with Crippen molar-refractivity contribution in [2.24, 2.45) is 0 Å². The minimum absolute atomic E-state index is 0.0830. The van der Waals surface area contributed by atoms with E-state index in [0.717, 1.165) is 15.2 Å². The fourth-order valence-corrected chi connectivity index (χ4v) is 3.47. The first-order chi connectivity index (χ1) is 10.1. The molecule has 1 atom stereocenters. The van der Waals surface area contributed by atoms with Crippen molar-refractivity contribution in [2.45, 2.75) is 18.9 Å². The molecule has 0 fully saturated rings. The molecule has 2 nitrogen and oxygen atoms in total. The second kappa shape index (κ2) is 6.10. The molecular formula is C16H13ClFNOS. The van der Waals surface area contributed by atoms with Gasteiger partial charge in [0.15, 0.2) is 0 Å². The smallest absolute Gasteiger partial charge is 0.145 e. The summed E-state index contributed by atoms with van der Waals surface area (Å²) in [6.45, 7) is 0. The molecule has 1 unspecified atom stereocenters. The van der Waals surface area contributed by atoms with Crippen LogP contribution in [0.25, 0.3) is 10.2 Å². The Labute approximate surface area is 130 Å². The summed E-state index contributed by atoms with van der Waals surface area (Å²) in [6, 6.07) is 12.7. The average Bonchev–Trinajstić information content (AvgIpc) is 2.86. The summed E-state index contributed by atoms with van der Waals surface area (Å²) in [7, 11) is 0. The Morgan fingerprint density at radius 2 is 1.95 bits per heavy atom. The first-order valence-electron chi connectivity index (χ1n) is 6.59. The lowest BCUT2D eigenvalue weighted by Gasteiger charge is -2.10. The SMILES string of the molecule is OC(Cc1nc2ccccc2s1)Cc1cccc(Cl)c1F. The molecule has 21 heavy (non-hydrogen) atoms. The molecule has 1 aromatic heterocycles. The molecule has 1 heterocycles. The van der Waals surface area contributed by atoms with Gasteiger partial charge >= 0.3 is 0 Å². The van der Waals surface area contributed by atoms with E-state index in [4.69, 9.17) is 11.6 Å². The first kappa shape index (κ1) is 14.4. The number of benzene rings is 2. The third-order valence-corrected chi connectivity index (χ3v) is 4.59. The van der Waals surface area contributed by atoms with Crippen molar-refractivity contribution >= 4 is 33.2 Å². The number of nitrogens with zero attached hydrogens (tertiary/aromatic N) is 1. The maximum atomic E-state index is 13.8. The number of halogens is 2. The van der Waals surface area contributed by atoms with Gasteiger partial charge in [-0.15, -0.1) is 11.3 Å². The fraction of sp³-hybridized carbons (Fsp3) is 0.188. The Hall–Kier alpha value is -1.49. The van der Waals surface area contributed by atoms with E-state index in [9.17, 15) is 9.50 Å². The summed E-state index contributed by atoms with van der Waals surface area (Å²) in [4.78, 5) is 4.47. The van der Waals surface area contributed by atoms with Gasteiger partial charge in [0.1, 0.15) is 5.82 Å². The number of hydrogen-bond acceptors (Lipinski definition) is 3. The van der Waals surface area contributed by atoms with Crippen molar-refractivity contribution in [2.75, 3.05) is 0 Å². The second-order valence-electron chi connectivity index (χ2n) is 4.85. The average molecular weight is 322 g/mol. The van der Waals surface area contributed by atoms with Gasteiger partial charge in [0.05, 0.1) is 26.4 Å². The van der Waals surface area contributed by atoms with Crippen LogP contribution in [0, 0.1) is 5.82 Å². The monoisotopic (exact) mass is 321 g/mol. The van der Waals surface area contributed by atoms with Crippen LogP contribution >= 0.6 is 22.9 Å². The van der Waals surface area contributed by atoms with Crippen LogP contribution in [0.3, 0.4) is 0 Å². The largest absolute Gasteiger partial charge is 0.392 e. The highest BCUT2D eigenvalue weighted by Gasteiger charge is 2.14. The number of aromatic nitrogens is 1. The van der Waals surface area contributed by atoms with E-state index in [1.165, 1.54) is 6.07 Å². The van der Waals surface area contributed by atoms with Gasteiger partial charge in [-0.2, -0.15) is 0 Å². The minimum Gasteiger partial charge on any atom is -0.392 e. The summed E-state index contributed by atoms with van der Waals surface area (Å²) in [5.74, 6) is -0.456. The fourth-order valence-electron chi connectivity index (χ4n) is 2.24. The number of hydrogen-bond donors (Lipinski definition) is 1. The van der Waals surface area contributed by atoms with Gasteiger partial charge in [0.25, 0.3) is 0 Å². The molecule has 0 amide bonds. The van der Waals surface area contributed by atoms with Gasteiger partial charge in [-0.05, 0) is 23.8 Å². The van der Waals surface area contributed by atoms with Gasteiger partial charge in [-0.25, -0.2) is 9.37 Å². The molecule has 0 aliphatic rings. The van der Waals surface area contributed by atoms with Gasteiger partial charge in [-0.3, -0.25) is 0 Å². The number of fused-ring (bicyclic) bond motifs is 1. The number of rotatable bonds is 4. The molecule has 0 spiro atoms. The van der Waals surface area contributed by atoms with Crippen molar-refractivity contribution in [3.8, 4) is 0 Å². The van der Waals surface area contributed by atoms with E-state index in [1.807, 2.05) is 24.3 Å². The Balaban J connectivity index is 1.74. The highest BCUT2D eigenvalue weighted by Crippen LogP contribution is 2.24. The summed E-state index contributed by atoms with van der Waals surface area (Å²) in [5.41, 5.74) is 1.36. The van der Waals surface area contributed by atoms with Crippen LogP contribution in [-0.2, 0) is 12.8 Å². The molecule has 0 bridgehead atoms. The van der Waals surface area contributed by atoms with E-state index in [1.54, 1.807) is 23.5 Å². The molecule has 3 aromatic rings. The van der Waals surface area contributed by atoms with Gasteiger partial charge in [0, 0.05) is 12.8 Å². The van der Waals surface area contributed by atoms with Crippen LogP contribution in [-0.4, -0.2) is 16.2 Å². The van der Waals surface area contributed by atoms with Gasteiger partial charge < -0.3 is 5.11 Å². The van der Waals surface area contributed by atoms with Crippen molar-refractivity contribution < 1.29 is 9.50 Å². The molecule has 0 saturated carbocycles. The van der Waals surface area contributed by atoms with Crippen molar-refractivity contribution in [1.82, 2.24) is 4.98 Å². The summed E-state index contributed by atoms with van der Waals surface area (Å²) in [5, 5.41) is 11.1. The van der Waals surface area contributed by atoms with Crippen LogP contribution in [0.2, 0.25) is 5.02 Å². The standard InChI is InChI=1S/C16H13ClFNOS/c17-12-5-3-4-10(16(12)18)8-11(20)9-15-19-13-6-1-2-7-14(13)21-15/h1-7,11,20H,8-9H2. The lowest BCUT2D eigenvalue weighted by Crippen LogP contribution is -2.14. The molecule has 0 saturated heterocycles. The summed E-state index contributed by atoms with van der Waals surface area (Å²) >= 11 is 7.30. The molecule has 3 rings (SSSR count). The molecule has 108 valence electrons. The van der Waals surface area contributed by atoms with E-state index in [0.29, 0.717) is 12.0 Å². The van der Waals surface area contributed by atoms with E-state index < -0.39 is 11.9 Å². The van der Waals surface area contributed by atoms with Crippen LogP contribution in [0.5, 0.6) is 0 Å². The van der Waals surface area contributed by atoms with E-state index in [2.05, 4.69) is 4.98 Å². The zero-order chi connectivity index (χ0) is 14.8. The quantitative estimate of drug-likeness (QED) is 0.780. The van der Waals surface area contributed by atoms with Crippen molar-refractivity contribution in [3.63, 3.8) is 0 Å². The Morgan fingerprint density at radius 1 is 1.14 bits per heavy atom. The Kier molecular flexibility index (Phi) is 4.19. The molecule has 0 aliphatic carbocycles. The molecule has 0 aliphatic heterocycles. The molecule has 1 N–H and O–H groups in total. The number of para-hydroxylation sites is 1. The van der Waals surface area contributed by atoms with Crippen LogP contribution < -0.4 is 0 Å². The molecule has 5 heteroatoms. The summed E-state index contributed by atoms with van der Waals surface area (Å²) in [6.07, 6.45) is -0.0494. The van der Waals surface area contributed by atoms with E-state index in [-0.39, 0.29) is 11.4 Å². The zero-order valence-corrected chi connectivity index (χ0v) is 12.7. The predicted molar refractivity (Wildman–Crippen MR) is 84.4 cm³/mol. The maximum absolute atomic E-state index is 13.8. The Bertz CT molecular complexity index is 741. The molecule has 2 aromatic carbocycles. The van der Waals surface area contributed by atoms with E-state index >= 15 is 0 Å². The van der Waals surface area contributed by atoms with Crippen LogP contribution in [0.1, 0.15) is 10.6 Å². The topological polar surface area (TPSA) is 33.1 Å². The second-order valence-corrected chi connectivity index (χ2v) is 6.37. The lowest BCUT2D eigenvalue weighted by atomic mass is 10.1. The van der Waals surface area contributed by atoms with Crippen LogP contribution in [0.15, 0.2) is 42.5 Å².